The topological polar surface area (TPSA) is 136 Å². The van der Waals surface area contributed by atoms with Crippen LogP contribution in [-0.2, 0) is 4.74 Å². The quantitative estimate of drug-likeness (QED) is 0.747. The summed E-state index contributed by atoms with van der Waals surface area (Å²) in [4.78, 5) is 14.1. The number of nitrogens with zero attached hydrogens (tertiary/aromatic N) is 4. The second kappa shape index (κ2) is 8.81. The highest BCUT2D eigenvalue weighted by Crippen LogP contribution is 2.57. The van der Waals surface area contributed by atoms with Crippen molar-refractivity contribution >= 4 is 16.9 Å². The van der Waals surface area contributed by atoms with Crippen LogP contribution in [0.3, 0.4) is 0 Å². The Hall–Kier alpha value is -4.48. The summed E-state index contributed by atoms with van der Waals surface area (Å²) in [6.45, 7) is 2.33. The van der Waals surface area contributed by atoms with Gasteiger partial charge >= 0.3 is 6.09 Å². The van der Waals surface area contributed by atoms with Gasteiger partial charge in [0.15, 0.2) is 5.41 Å². The van der Waals surface area contributed by atoms with E-state index in [2.05, 4.69) is 18.2 Å². The molecule has 2 aromatic rings. The van der Waals surface area contributed by atoms with Crippen molar-refractivity contribution in [2.45, 2.75) is 12.8 Å². The maximum atomic E-state index is 12.6. The zero-order chi connectivity index (χ0) is 24.5. The molecule has 2 aliphatic rings. The van der Waals surface area contributed by atoms with Crippen molar-refractivity contribution in [1.29, 1.82) is 15.8 Å². The number of rotatable bonds is 3. The normalized spacial score (nSPS) is 20.9. The number of benzene rings is 2. The molecular weight excluding hydrogens is 430 g/mol. The lowest BCUT2D eigenvalue weighted by Gasteiger charge is -2.45. The average molecular weight is 454 g/mol. The highest BCUT2D eigenvalue weighted by molar-refractivity contribution is 5.89. The lowest BCUT2D eigenvalue weighted by molar-refractivity contribution is 0.0998. The van der Waals surface area contributed by atoms with Crippen LogP contribution in [0.1, 0.15) is 18.4 Å². The molecule has 0 aromatic heterocycles. The van der Waals surface area contributed by atoms with Gasteiger partial charge in [0.1, 0.15) is 11.8 Å². The first-order chi connectivity index (χ1) is 16.5. The van der Waals surface area contributed by atoms with Gasteiger partial charge in [0, 0.05) is 30.5 Å². The number of ether oxygens (including phenoxy) is 2. The summed E-state index contributed by atoms with van der Waals surface area (Å²) in [5.41, 5.74) is 5.89. The van der Waals surface area contributed by atoms with Crippen molar-refractivity contribution in [2.24, 2.45) is 17.1 Å². The molecule has 0 unspecified atom stereocenters. The van der Waals surface area contributed by atoms with Crippen LogP contribution in [0.15, 0.2) is 59.3 Å². The average Bonchev–Trinajstić information content (AvgIpc) is 2.87. The molecule has 2 aromatic carbocycles. The minimum atomic E-state index is -1.85. The molecule has 0 radical (unpaired) electrons. The second-order valence-electron chi connectivity index (χ2n) is 8.18. The summed E-state index contributed by atoms with van der Waals surface area (Å²) in [7, 11) is 1.53. The van der Waals surface area contributed by atoms with E-state index in [0.29, 0.717) is 16.9 Å². The number of amides is 1. The minimum Gasteiger partial charge on any atom is -0.496 e. The molecule has 0 saturated carbocycles. The lowest BCUT2D eigenvalue weighted by atomic mass is 9.57. The van der Waals surface area contributed by atoms with E-state index in [1.165, 1.54) is 12.0 Å². The zero-order valence-corrected chi connectivity index (χ0v) is 18.9. The van der Waals surface area contributed by atoms with Crippen LogP contribution in [0.2, 0.25) is 0 Å². The summed E-state index contributed by atoms with van der Waals surface area (Å²) in [5, 5.41) is 32.4. The maximum absolute atomic E-state index is 12.6. The fourth-order valence-electron chi connectivity index (χ4n) is 5.13. The van der Waals surface area contributed by atoms with Crippen LogP contribution in [-0.4, -0.2) is 37.8 Å². The van der Waals surface area contributed by atoms with Crippen molar-refractivity contribution < 1.29 is 14.3 Å². The number of hydrogen-bond acceptors (Lipinski definition) is 7. The minimum absolute atomic E-state index is 0.0768. The number of hydrogen-bond donors (Lipinski definition) is 1. The summed E-state index contributed by atoms with van der Waals surface area (Å²) >= 11 is 0. The molecule has 34 heavy (non-hydrogen) atoms. The van der Waals surface area contributed by atoms with Crippen LogP contribution in [0.5, 0.6) is 5.75 Å². The first kappa shape index (κ1) is 22.7. The van der Waals surface area contributed by atoms with Gasteiger partial charge in [-0.1, -0.05) is 36.4 Å². The number of nitrogens with two attached hydrogens (primary N) is 1. The van der Waals surface area contributed by atoms with Gasteiger partial charge in [0.2, 0.25) is 0 Å². The Bertz CT molecular complexity index is 1340. The molecule has 170 valence electrons. The fourth-order valence-corrected chi connectivity index (χ4v) is 5.13. The molecule has 8 heteroatoms. The Kier molecular flexibility index (Phi) is 5.88. The third kappa shape index (κ3) is 3.22. The smallest absolute Gasteiger partial charge is 0.410 e. The van der Waals surface area contributed by atoms with Crippen LogP contribution in [0.4, 0.5) is 4.79 Å². The van der Waals surface area contributed by atoms with E-state index in [1.807, 2.05) is 30.3 Å². The van der Waals surface area contributed by atoms with E-state index in [9.17, 15) is 20.6 Å². The molecule has 1 aliphatic heterocycles. The van der Waals surface area contributed by atoms with Crippen LogP contribution in [0.25, 0.3) is 10.8 Å². The van der Waals surface area contributed by atoms with E-state index in [4.69, 9.17) is 15.2 Å². The molecule has 0 spiro atoms. The van der Waals surface area contributed by atoms with Crippen molar-refractivity contribution in [2.75, 3.05) is 26.8 Å². The van der Waals surface area contributed by atoms with Crippen molar-refractivity contribution in [3.8, 4) is 24.0 Å². The van der Waals surface area contributed by atoms with Gasteiger partial charge in [0.05, 0.1) is 37.1 Å². The molecule has 0 saturated heterocycles. The van der Waals surface area contributed by atoms with Gasteiger partial charge in [-0.3, -0.25) is 0 Å². The maximum Gasteiger partial charge on any atom is 0.410 e. The molecule has 0 bridgehead atoms. The molecule has 8 nitrogen and oxygen atoms in total. The Labute approximate surface area is 197 Å². The van der Waals surface area contributed by atoms with Crippen LogP contribution >= 0.6 is 0 Å². The van der Waals surface area contributed by atoms with Gasteiger partial charge in [0.25, 0.3) is 0 Å². The molecule has 0 fully saturated rings. The molecule has 2 N–H and O–H groups in total. The summed E-state index contributed by atoms with van der Waals surface area (Å²) in [6.07, 6.45) is 1.27. The zero-order valence-electron chi connectivity index (χ0n) is 18.9. The predicted octanol–water partition coefficient (Wildman–Crippen LogP) is 3.73. The predicted molar refractivity (Wildman–Crippen MR) is 124 cm³/mol. The molecular formula is C26H23N5O3. The van der Waals surface area contributed by atoms with Crippen LogP contribution < -0.4 is 10.5 Å². The van der Waals surface area contributed by atoms with Crippen molar-refractivity contribution in [3.05, 3.63) is 64.9 Å². The summed E-state index contributed by atoms with van der Waals surface area (Å²) in [6, 6.07) is 17.7. The van der Waals surface area contributed by atoms with Gasteiger partial charge in [-0.15, -0.1) is 0 Å². The third-order valence-corrected chi connectivity index (χ3v) is 6.65. The van der Waals surface area contributed by atoms with E-state index in [-0.39, 0.29) is 31.0 Å². The summed E-state index contributed by atoms with van der Waals surface area (Å²) in [5.74, 6) is -0.859. The molecule has 1 heterocycles. The molecule has 4 rings (SSSR count). The summed E-state index contributed by atoms with van der Waals surface area (Å²) < 4.78 is 10.9. The molecule has 1 amide bonds. The first-order valence-corrected chi connectivity index (χ1v) is 10.9. The van der Waals surface area contributed by atoms with Crippen molar-refractivity contribution in [1.82, 2.24) is 4.90 Å². The van der Waals surface area contributed by atoms with Gasteiger partial charge < -0.3 is 20.1 Å². The molecule has 2 atom stereocenters. The van der Waals surface area contributed by atoms with Crippen molar-refractivity contribution in [3.63, 3.8) is 0 Å². The number of allylic oxidation sites excluding steroid dienone is 2. The number of fused-ring (bicyclic) bond motifs is 2. The first-order valence-electron chi connectivity index (χ1n) is 10.9. The van der Waals surface area contributed by atoms with E-state index < -0.39 is 23.3 Å². The SMILES string of the molecule is CCOC(=O)N1CC=C2C(C#N)=C(N)C(C#N)(C#N)[C@@H](c3c(OC)ccc4ccccc34)[C@H]2C1. The Morgan fingerprint density at radius 2 is 1.94 bits per heavy atom. The van der Waals surface area contributed by atoms with Gasteiger partial charge in [-0.25, -0.2) is 4.79 Å². The van der Waals surface area contributed by atoms with Crippen LogP contribution in [0, 0.1) is 45.3 Å². The number of carbonyl (C=O) groups excluding carboxylic acids is 1. The Morgan fingerprint density at radius 3 is 2.59 bits per heavy atom. The van der Waals surface area contributed by atoms with Gasteiger partial charge in [-0.05, 0) is 29.3 Å². The standard InChI is InChI=1S/C26H23N5O3/c1-3-34-25(32)31-11-10-18-19(12-27)24(30)26(14-28,15-29)23(20(18)13-31)22-17-7-5-4-6-16(17)8-9-21(22)33-2/h4-10,20,23H,3,11,13,30H2,1-2H3/t20-,23+/m0/s1. The number of nitriles is 3. The number of methoxy groups -OCH3 is 1. The fraction of sp³-hybridized carbons (Fsp3) is 0.308. The van der Waals surface area contributed by atoms with Gasteiger partial charge in [-0.2, -0.15) is 15.8 Å². The Balaban J connectivity index is 2.06. The van der Waals surface area contributed by atoms with E-state index in [0.717, 1.165) is 10.8 Å². The monoisotopic (exact) mass is 453 g/mol. The second-order valence-corrected chi connectivity index (χ2v) is 8.18. The highest BCUT2D eigenvalue weighted by Gasteiger charge is 2.56. The van der Waals surface area contributed by atoms with E-state index >= 15 is 0 Å². The number of carbonyl (C=O) groups is 1. The molecule has 1 aliphatic carbocycles. The van der Waals surface area contributed by atoms with E-state index in [1.54, 1.807) is 19.1 Å². The third-order valence-electron chi connectivity index (χ3n) is 6.65. The largest absolute Gasteiger partial charge is 0.496 e. The Morgan fingerprint density at radius 1 is 1.21 bits per heavy atom. The lowest BCUT2D eigenvalue weighted by Crippen LogP contribution is -2.49. The highest BCUT2D eigenvalue weighted by atomic mass is 16.6.